The Bertz CT molecular complexity index is 2260. The second-order valence-corrected chi connectivity index (χ2v) is 12.2. The summed E-state index contributed by atoms with van der Waals surface area (Å²) in [4.78, 5) is 30.5. The molecule has 0 bridgehead atoms. The molecule has 1 fully saturated rings. The number of ether oxygens (including phenoxy) is 2. The number of hydrogen-bond acceptors (Lipinski definition) is 9. The fraction of sp³-hybridized carbons (Fsp3) is 0.216. The Morgan fingerprint density at radius 1 is 0.870 bits per heavy atom. The largest absolute Gasteiger partial charge is 0.573 e. The highest BCUT2D eigenvalue weighted by atomic mass is 19.4. The monoisotopic (exact) mass is 749 g/mol. The van der Waals surface area contributed by atoms with Gasteiger partial charge in [-0.3, -0.25) is 9.69 Å². The zero-order valence-electron chi connectivity index (χ0n) is 28.1. The first-order valence-electron chi connectivity index (χ1n) is 16.4. The molecule has 1 amide bonds. The lowest BCUT2D eigenvalue weighted by Gasteiger charge is -2.35. The molecule has 0 spiro atoms. The number of allylic oxidation sites excluding steroid dienone is 1. The van der Waals surface area contributed by atoms with E-state index in [1.54, 1.807) is 35.2 Å². The summed E-state index contributed by atoms with van der Waals surface area (Å²) in [7, 11) is 0. The fourth-order valence-electron chi connectivity index (χ4n) is 5.98. The third-order valence-electron chi connectivity index (χ3n) is 8.60. The highest BCUT2D eigenvalue weighted by molar-refractivity contribution is 5.99. The summed E-state index contributed by atoms with van der Waals surface area (Å²) in [5.41, 5.74) is 1.81. The second-order valence-electron chi connectivity index (χ2n) is 12.2. The lowest BCUT2D eigenvalue weighted by atomic mass is 10.1. The van der Waals surface area contributed by atoms with E-state index in [9.17, 15) is 31.1 Å². The van der Waals surface area contributed by atoms with Gasteiger partial charge in [0.05, 0.1) is 23.5 Å². The summed E-state index contributed by atoms with van der Waals surface area (Å²) < 4.78 is 93.2. The van der Waals surface area contributed by atoms with Crippen LogP contribution in [0.1, 0.15) is 21.6 Å². The van der Waals surface area contributed by atoms with E-state index >= 15 is 0 Å². The Morgan fingerprint density at radius 3 is 2.24 bits per heavy atom. The van der Waals surface area contributed by atoms with E-state index in [1.807, 2.05) is 16.7 Å². The van der Waals surface area contributed by atoms with Gasteiger partial charge in [0.25, 0.3) is 11.8 Å². The van der Waals surface area contributed by atoms with Crippen molar-refractivity contribution in [2.24, 2.45) is 0 Å². The van der Waals surface area contributed by atoms with Crippen LogP contribution in [0.15, 0.2) is 102 Å². The molecule has 4 heterocycles. The topological polar surface area (TPSA) is 112 Å². The Hall–Kier alpha value is -6.23. The van der Waals surface area contributed by atoms with Gasteiger partial charge < -0.3 is 23.5 Å². The first-order chi connectivity index (χ1) is 25.8. The van der Waals surface area contributed by atoms with Crippen molar-refractivity contribution in [2.75, 3.05) is 26.2 Å². The Labute approximate surface area is 303 Å². The van der Waals surface area contributed by atoms with Gasteiger partial charge in [0.15, 0.2) is 0 Å². The minimum atomic E-state index is -4.75. The molecule has 0 radical (unpaired) electrons. The Kier molecular flexibility index (Phi) is 9.81. The van der Waals surface area contributed by atoms with Crippen LogP contribution in [-0.4, -0.2) is 72.9 Å². The molecule has 0 N–H and O–H groups in total. The number of piperazine rings is 1. The van der Waals surface area contributed by atoms with Crippen molar-refractivity contribution in [3.05, 3.63) is 115 Å². The molecule has 11 nitrogen and oxygen atoms in total. The van der Waals surface area contributed by atoms with Crippen LogP contribution in [0, 0.1) is 0 Å². The first-order valence-corrected chi connectivity index (χ1v) is 16.4. The van der Waals surface area contributed by atoms with Gasteiger partial charge in [-0.15, -0.1) is 19.8 Å². The van der Waals surface area contributed by atoms with E-state index in [1.165, 1.54) is 36.7 Å². The highest BCUT2D eigenvalue weighted by Crippen LogP contribution is 2.32. The molecule has 54 heavy (non-hydrogen) atoms. The third kappa shape index (κ3) is 8.20. The van der Waals surface area contributed by atoms with Crippen LogP contribution in [0.3, 0.4) is 0 Å². The van der Waals surface area contributed by atoms with Crippen molar-refractivity contribution < 1.29 is 45.1 Å². The number of nitrogens with zero attached hydrogens (tertiary/aromatic N) is 7. The number of carbonyl (C=O) groups is 1. The van der Waals surface area contributed by atoms with Gasteiger partial charge in [-0.05, 0) is 48.0 Å². The number of halogens is 6. The van der Waals surface area contributed by atoms with Gasteiger partial charge in [-0.2, -0.15) is 18.2 Å². The van der Waals surface area contributed by atoms with Crippen molar-refractivity contribution in [2.45, 2.75) is 25.6 Å². The zero-order chi connectivity index (χ0) is 38.0. The van der Waals surface area contributed by atoms with Crippen LogP contribution >= 0.6 is 0 Å². The maximum atomic E-state index is 13.8. The predicted octanol–water partition coefficient (Wildman–Crippen LogP) is 8.00. The number of aromatic nitrogens is 5. The molecule has 1 aliphatic rings. The summed E-state index contributed by atoms with van der Waals surface area (Å²) in [6.45, 7) is 6.83. The standard InChI is InChI=1S/C37H29F6N7O4/c1-2-13-50-30-19-28(52-32-21-44-29(20-45-32)34-46-33(47-54-34)24-5-8-26(9-6-24)36(38,39)40)12-7-25(30)18-31(50)35(51)49-16-14-48(15-17-49)22-23-3-10-27(11-4-23)53-37(41,42)43/h2-12,18-21H,1,13-17,22H2. The average Bonchev–Trinajstić information content (AvgIpc) is 3.78. The molecule has 1 aliphatic heterocycles. The molecule has 3 aromatic heterocycles. The molecule has 278 valence electrons. The third-order valence-corrected chi connectivity index (χ3v) is 8.60. The van der Waals surface area contributed by atoms with Gasteiger partial charge in [0, 0.05) is 56.3 Å². The number of fused-ring (bicyclic) bond motifs is 1. The number of alkyl halides is 6. The summed E-state index contributed by atoms with van der Waals surface area (Å²) >= 11 is 0. The minimum Gasteiger partial charge on any atom is -0.437 e. The van der Waals surface area contributed by atoms with Crippen LogP contribution < -0.4 is 9.47 Å². The summed E-state index contributed by atoms with van der Waals surface area (Å²) in [6.07, 6.45) is -4.81. The van der Waals surface area contributed by atoms with Crippen molar-refractivity contribution >= 4 is 16.8 Å². The van der Waals surface area contributed by atoms with Crippen molar-refractivity contribution in [3.8, 4) is 40.4 Å². The quantitative estimate of drug-likeness (QED) is 0.102. The molecule has 6 aromatic rings. The van der Waals surface area contributed by atoms with Crippen LogP contribution in [0.5, 0.6) is 17.4 Å². The molecule has 0 saturated carbocycles. The molecule has 7 rings (SSSR count). The van der Waals surface area contributed by atoms with Gasteiger partial charge in [0.1, 0.15) is 22.9 Å². The van der Waals surface area contributed by atoms with Crippen LogP contribution in [-0.2, 0) is 19.3 Å². The molecular weight excluding hydrogens is 720 g/mol. The van der Waals surface area contributed by atoms with Gasteiger partial charge in [0.2, 0.25) is 11.7 Å². The molecule has 17 heteroatoms. The lowest BCUT2D eigenvalue weighted by Crippen LogP contribution is -2.48. The second kappa shape index (κ2) is 14.7. The number of rotatable bonds is 10. The Balaban J connectivity index is 0.992. The summed E-state index contributed by atoms with van der Waals surface area (Å²) in [6, 6.07) is 17.3. The van der Waals surface area contributed by atoms with Crippen molar-refractivity contribution in [3.63, 3.8) is 0 Å². The van der Waals surface area contributed by atoms with Crippen molar-refractivity contribution in [1.82, 2.24) is 34.5 Å². The summed E-state index contributed by atoms with van der Waals surface area (Å²) in [5, 5.41) is 4.65. The lowest BCUT2D eigenvalue weighted by molar-refractivity contribution is -0.274. The van der Waals surface area contributed by atoms with E-state index in [2.05, 4.69) is 36.3 Å². The number of amides is 1. The molecule has 0 aliphatic carbocycles. The molecule has 0 atom stereocenters. The van der Waals surface area contributed by atoms with E-state index in [-0.39, 0.29) is 34.9 Å². The van der Waals surface area contributed by atoms with E-state index in [4.69, 9.17) is 9.26 Å². The van der Waals surface area contributed by atoms with Gasteiger partial charge in [-0.25, -0.2) is 9.97 Å². The van der Waals surface area contributed by atoms with Gasteiger partial charge in [-0.1, -0.05) is 35.5 Å². The minimum absolute atomic E-state index is 0.0133. The molecular formula is C37H29F6N7O4. The SMILES string of the molecule is C=CCn1c(C(=O)N2CCN(Cc3ccc(OC(F)(F)F)cc3)CC2)cc2ccc(Oc3cnc(-c4nc(-c5ccc(C(F)(F)F)cc5)no4)cn3)cc21. The molecule has 0 unspecified atom stereocenters. The van der Waals surface area contributed by atoms with Crippen molar-refractivity contribution in [1.29, 1.82) is 0 Å². The van der Waals surface area contributed by atoms with Crippen LogP contribution in [0.25, 0.3) is 33.9 Å². The average molecular weight is 750 g/mol. The van der Waals surface area contributed by atoms with E-state index in [0.29, 0.717) is 56.3 Å². The maximum absolute atomic E-state index is 13.8. The number of carbonyl (C=O) groups excluding carboxylic acids is 1. The Morgan fingerprint density at radius 2 is 1.59 bits per heavy atom. The molecule has 1 saturated heterocycles. The smallest absolute Gasteiger partial charge is 0.437 e. The highest BCUT2D eigenvalue weighted by Gasteiger charge is 2.32. The van der Waals surface area contributed by atoms with Crippen LogP contribution in [0.4, 0.5) is 26.3 Å². The summed E-state index contributed by atoms with van der Waals surface area (Å²) in [5.74, 6) is 0.261. The molecule has 3 aromatic carbocycles. The van der Waals surface area contributed by atoms with Gasteiger partial charge >= 0.3 is 12.5 Å². The van der Waals surface area contributed by atoms with Crippen LogP contribution in [0.2, 0.25) is 0 Å². The number of hydrogen-bond donors (Lipinski definition) is 0. The predicted molar refractivity (Wildman–Crippen MR) is 182 cm³/mol. The van der Waals surface area contributed by atoms with E-state index in [0.717, 1.165) is 28.6 Å². The normalized spacial score (nSPS) is 14.0. The zero-order valence-corrected chi connectivity index (χ0v) is 28.1. The van der Waals surface area contributed by atoms with E-state index < -0.39 is 18.1 Å². The fourth-order valence-corrected chi connectivity index (χ4v) is 5.98. The first kappa shape index (κ1) is 36.1. The maximum Gasteiger partial charge on any atom is 0.573 e. The number of benzene rings is 3.